The van der Waals surface area contributed by atoms with Crippen LogP contribution in [0.4, 0.5) is 10.5 Å². The second kappa shape index (κ2) is 7.55. The van der Waals surface area contributed by atoms with Crippen LogP contribution in [0.2, 0.25) is 0 Å². The summed E-state index contributed by atoms with van der Waals surface area (Å²) in [5.74, 6) is -1.09. The van der Waals surface area contributed by atoms with Crippen molar-refractivity contribution < 1.29 is 29.3 Å². The quantitative estimate of drug-likeness (QED) is 0.759. The van der Waals surface area contributed by atoms with Crippen LogP contribution in [0.25, 0.3) is 6.08 Å². The van der Waals surface area contributed by atoms with Crippen molar-refractivity contribution in [2.45, 2.75) is 13.0 Å². The van der Waals surface area contributed by atoms with E-state index in [-0.39, 0.29) is 10.7 Å². The van der Waals surface area contributed by atoms with E-state index in [1.807, 2.05) is 0 Å². The lowest BCUT2D eigenvalue weighted by Crippen LogP contribution is -2.27. The molecule has 0 spiro atoms. The van der Waals surface area contributed by atoms with Crippen LogP contribution >= 0.6 is 11.8 Å². The number of hydrogen-bond donors (Lipinski definition) is 2. The first-order chi connectivity index (χ1) is 12.8. The SMILES string of the molecule is CC(Oc1ccc(/C=C2/SC(=O)N(c3ccc(O)cc3)C2=O)cc1)C(=O)O. The molecule has 1 saturated heterocycles. The minimum Gasteiger partial charge on any atom is -0.508 e. The molecule has 3 rings (SSSR count). The molecule has 1 heterocycles. The van der Waals surface area contributed by atoms with Crippen LogP contribution in [0.5, 0.6) is 11.5 Å². The number of phenolic OH excluding ortho intramolecular Hbond substituents is 1. The fourth-order valence-electron chi connectivity index (χ4n) is 2.34. The Morgan fingerprint density at radius 2 is 1.74 bits per heavy atom. The maximum absolute atomic E-state index is 12.6. The molecule has 1 atom stereocenters. The van der Waals surface area contributed by atoms with Crippen molar-refractivity contribution in [3.8, 4) is 11.5 Å². The molecule has 7 nitrogen and oxygen atoms in total. The second-order valence-electron chi connectivity index (χ2n) is 5.70. The Balaban J connectivity index is 1.77. The van der Waals surface area contributed by atoms with Crippen LogP contribution in [0.3, 0.4) is 0 Å². The van der Waals surface area contributed by atoms with E-state index in [4.69, 9.17) is 9.84 Å². The maximum atomic E-state index is 12.6. The minimum absolute atomic E-state index is 0.0424. The molecular formula is C19H15NO6S. The molecule has 138 valence electrons. The van der Waals surface area contributed by atoms with E-state index in [9.17, 15) is 19.5 Å². The number of nitrogens with zero attached hydrogens (tertiary/aromatic N) is 1. The highest BCUT2D eigenvalue weighted by atomic mass is 32.2. The van der Waals surface area contributed by atoms with E-state index in [0.717, 1.165) is 16.7 Å². The third kappa shape index (κ3) is 4.12. The van der Waals surface area contributed by atoms with Crippen LogP contribution in [-0.2, 0) is 9.59 Å². The van der Waals surface area contributed by atoms with Gasteiger partial charge in [-0.3, -0.25) is 9.59 Å². The fraction of sp³-hybridized carbons (Fsp3) is 0.105. The minimum atomic E-state index is -1.07. The number of rotatable bonds is 5. The predicted molar refractivity (Wildman–Crippen MR) is 101 cm³/mol. The molecule has 0 saturated carbocycles. The van der Waals surface area contributed by atoms with Gasteiger partial charge in [-0.15, -0.1) is 0 Å². The molecule has 8 heteroatoms. The molecule has 0 aromatic heterocycles. The molecule has 2 aromatic carbocycles. The average molecular weight is 385 g/mol. The number of carbonyl (C=O) groups excluding carboxylic acids is 2. The topological polar surface area (TPSA) is 104 Å². The van der Waals surface area contributed by atoms with E-state index in [0.29, 0.717) is 17.0 Å². The van der Waals surface area contributed by atoms with E-state index < -0.39 is 23.2 Å². The lowest BCUT2D eigenvalue weighted by molar-refractivity contribution is -0.144. The first-order valence-electron chi connectivity index (χ1n) is 7.91. The monoisotopic (exact) mass is 385 g/mol. The molecular weight excluding hydrogens is 370 g/mol. The summed E-state index contributed by atoms with van der Waals surface area (Å²) in [6, 6.07) is 12.3. The van der Waals surface area contributed by atoms with Crippen molar-refractivity contribution in [1.82, 2.24) is 0 Å². The van der Waals surface area contributed by atoms with Gasteiger partial charge in [0.1, 0.15) is 11.5 Å². The number of anilines is 1. The van der Waals surface area contributed by atoms with Gasteiger partial charge in [-0.1, -0.05) is 12.1 Å². The Bertz CT molecular complexity index is 920. The predicted octanol–water partition coefficient (Wildman–Crippen LogP) is 3.49. The van der Waals surface area contributed by atoms with Crippen molar-refractivity contribution in [3.63, 3.8) is 0 Å². The molecule has 0 aliphatic carbocycles. The van der Waals surface area contributed by atoms with Crippen LogP contribution in [0.15, 0.2) is 53.4 Å². The second-order valence-corrected chi connectivity index (χ2v) is 6.69. The molecule has 0 radical (unpaired) electrons. The van der Waals surface area contributed by atoms with E-state index >= 15 is 0 Å². The van der Waals surface area contributed by atoms with Crippen molar-refractivity contribution in [3.05, 3.63) is 59.0 Å². The van der Waals surface area contributed by atoms with Gasteiger partial charge in [0.2, 0.25) is 0 Å². The number of aromatic hydroxyl groups is 1. The Hall–Kier alpha value is -3.26. The van der Waals surface area contributed by atoms with Crippen LogP contribution in [0.1, 0.15) is 12.5 Å². The lowest BCUT2D eigenvalue weighted by Gasteiger charge is -2.12. The van der Waals surface area contributed by atoms with Crippen molar-refractivity contribution in [1.29, 1.82) is 0 Å². The summed E-state index contributed by atoms with van der Waals surface area (Å²) in [6.07, 6.45) is 0.605. The van der Waals surface area contributed by atoms with Gasteiger partial charge in [-0.25, -0.2) is 9.69 Å². The van der Waals surface area contributed by atoms with Crippen molar-refractivity contribution >= 4 is 40.6 Å². The number of carboxylic acids is 1. The van der Waals surface area contributed by atoms with Gasteiger partial charge < -0.3 is 14.9 Å². The number of ether oxygens (including phenoxy) is 1. The zero-order valence-corrected chi connectivity index (χ0v) is 15.0. The first kappa shape index (κ1) is 18.5. The van der Waals surface area contributed by atoms with Gasteiger partial charge in [0, 0.05) is 0 Å². The molecule has 2 aromatic rings. The number of carbonyl (C=O) groups is 3. The molecule has 0 bridgehead atoms. The number of imide groups is 1. The molecule has 27 heavy (non-hydrogen) atoms. The van der Waals surface area contributed by atoms with Gasteiger partial charge in [0.05, 0.1) is 10.6 Å². The highest BCUT2D eigenvalue weighted by Gasteiger charge is 2.36. The molecule has 1 unspecified atom stereocenters. The third-order valence-corrected chi connectivity index (χ3v) is 4.61. The number of aliphatic carboxylic acids is 1. The van der Waals surface area contributed by atoms with Gasteiger partial charge in [0.25, 0.3) is 11.1 Å². The highest BCUT2D eigenvalue weighted by molar-refractivity contribution is 8.19. The summed E-state index contributed by atoms with van der Waals surface area (Å²) in [7, 11) is 0. The summed E-state index contributed by atoms with van der Waals surface area (Å²) in [4.78, 5) is 36.9. The zero-order valence-electron chi connectivity index (χ0n) is 14.2. The number of amides is 2. The number of hydrogen-bond acceptors (Lipinski definition) is 6. The highest BCUT2D eigenvalue weighted by Crippen LogP contribution is 2.36. The number of carboxylic acid groups (broad SMARTS) is 1. The van der Waals surface area contributed by atoms with E-state index in [1.165, 1.54) is 31.2 Å². The Kier molecular flexibility index (Phi) is 5.18. The van der Waals surface area contributed by atoms with Gasteiger partial charge >= 0.3 is 5.97 Å². The van der Waals surface area contributed by atoms with E-state index in [1.54, 1.807) is 30.3 Å². The van der Waals surface area contributed by atoms with Crippen LogP contribution < -0.4 is 9.64 Å². The Morgan fingerprint density at radius 3 is 2.33 bits per heavy atom. The maximum Gasteiger partial charge on any atom is 0.344 e. The fourth-order valence-corrected chi connectivity index (χ4v) is 3.18. The molecule has 2 amide bonds. The van der Waals surface area contributed by atoms with Crippen molar-refractivity contribution in [2.24, 2.45) is 0 Å². The standard InChI is InChI=1S/C19H15NO6S/c1-11(18(23)24)26-15-8-2-12(3-9-15)10-16-17(22)20(19(25)27-16)13-4-6-14(21)7-5-13/h2-11,21H,1H3,(H,23,24)/b16-10+. The summed E-state index contributed by atoms with van der Waals surface area (Å²) < 4.78 is 5.25. The number of benzene rings is 2. The number of phenols is 1. The molecule has 1 fully saturated rings. The molecule has 1 aliphatic heterocycles. The molecule has 1 aliphatic rings. The third-order valence-electron chi connectivity index (χ3n) is 3.74. The first-order valence-corrected chi connectivity index (χ1v) is 8.73. The smallest absolute Gasteiger partial charge is 0.344 e. The average Bonchev–Trinajstić information content (AvgIpc) is 2.91. The summed E-state index contributed by atoms with van der Waals surface area (Å²) >= 11 is 0.822. The lowest BCUT2D eigenvalue weighted by atomic mass is 10.2. The largest absolute Gasteiger partial charge is 0.508 e. The summed E-state index contributed by atoms with van der Waals surface area (Å²) in [5, 5.41) is 17.8. The Morgan fingerprint density at radius 1 is 1.11 bits per heavy atom. The zero-order chi connectivity index (χ0) is 19.6. The normalized spacial score (nSPS) is 16.6. The van der Waals surface area contributed by atoms with Crippen molar-refractivity contribution in [2.75, 3.05) is 4.90 Å². The summed E-state index contributed by atoms with van der Waals surface area (Å²) in [6.45, 7) is 1.43. The number of thioether (sulfide) groups is 1. The summed E-state index contributed by atoms with van der Waals surface area (Å²) in [5.41, 5.74) is 1.05. The van der Waals surface area contributed by atoms with E-state index in [2.05, 4.69) is 0 Å². The Labute approximate surface area is 158 Å². The van der Waals surface area contributed by atoms with Crippen LogP contribution in [0, 0.1) is 0 Å². The van der Waals surface area contributed by atoms with Gasteiger partial charge in [-0.05, 0) is 66.7 Å². The molecule has 2 N–H and O–H groups in total. The van der Waals surface area contributed by atoms with Gasteiger partial charge in [0.15, 0.2) is 6.10 Å². The van der Waals surface area contributed by atoms with Gasteiger partial charge in [-0.2, -0.15) is 0 Å². The van der Waals surface area contributed by atoms with Crippen LogP contribution in [-0.4, -0.2) is 33.4 Å².